The zero-order valence-corrected chi connectivity index (χ0v) is 15.7. The molecule has 0 bridgehead atoms. The Morgan fingerprint density at radius 1 is 1.24 bits per heavy atom. The first-order valence-electron chi connectivity index (χ1n) is 7.85. The molecule has 0 aromatic carbocycles. The van der Waals surface area contributed by atoms with Gasteiger partial charge < -0.3 is 0 Å². The summed E-state index contributed by atoms with van der Waals surface area (Å²) in [6, 6.07) is 0. The van der Waals surface area contributed by atoms with Crippen LogP contribution in [0.25, 0.3) is 0 Å². The average molecular weight is 358 g/mol. The molecule has 0 radical (unpaired) electrons. The Kier molecular flexibility index (Phi) is 6.60. The van der Waals surface area contributed by atoms with Crippen molar-refractivity contribution in [2.45, 2.75) is 66.5 Å². The van der Waals surface area contributed by atoms with Crippen LogP contribution in [0.3, 0.4) is 0 Å². The van der Waals surface area contributed by atoms with E-state index in [0.29, 0.717) is 6.42 Å². The summed E-state index contributed by atoms with van der Waals surface area (Å²) < 4.78 is 2.94. The van der Waals surface area contributed by atoms with Gasteiger partial charge in [0.1, 0.15) is 0 Å². The average Bonchev–Trinajstić information content (AvgIpc) is 2.76. The smallest absolute Gasteiger partial charge is 0.158 e. The second-order valence-corrected chi connectivity index (χ2v) is 6.50. The lowest BCUT2D eigenvalue weighted by molar-refractivity contribution is -0.128. The minimum Gasteiger partial charge on any atom is -0.297 e. The molecule has 1 heterocycles. The molecule has 0 amide bonds. The molecular formula is C16H28BrN3O. The van der Waals surface area contributed by atoms with Crippen molar-refractivity contribution >= 4 is 21.7 Å². The zero-order chi connectivity index (χ0) is 16.2. The molecule has 5 heteroatoms. The maximum Gasteiger partial charge on any atom is 0.158 e. The minimum atomic E-state index is -0.446. The van der Waals surface area contributed by atoms with Crippen LogP contribution in [0.15, 0.2) is 4.47 Å². The number of aromatic nitrogens is 2. The highest BCUT2D eigenvalue weighted by Crippen LogP contribution is 2.25. The summed E-state index contributed by atoms with van der Waals surface area (Å²) in [5, 5.41) is 4.57. The molecule has 120 valence electrons. The van der Waals surface area contributed by atoms with E-state index in [0.717, 1.165) is 41.9 Å². The fourth-order valence-electron chi connectivity index (χ4n) is 2.75. The van der Waals surface area contributed by atoms with E-state index in [1.54, 1.807) is 0 Å². The van der Waals surface area contributed by atoms with Crippen LogP contribution < -0.4 is 0 Å². The molecule has 1 rings (SSSR count). The lowest BCUT2D eigenvalue weighted by atomic mass is 9.93. The Morgan fingerprint density at radius 2 is 1.81 bits per heavy atom. The van der Waals surface area contributed by atoms with Gasteiger partial charge in [-0.05, 0) is 56.2 Å². The quantitative estimate of drug-likeness (QED) is 0.714. The van der Waals surface area contributed by atoms with E-state index in [2.05, 4.69) is 53.6 Å². The van der Waals surface area contributed by atoms with Gasteiger partial charge >= 0.3 is 0 Å². The first-order valence-corrected chi connectivity index (χ1v) is 8.64. The molecule has 4 nitrogen and oxygen atoms in total. The molecule has 0 unspecified atom stereocenters. The number of halogens is 1. The molecule has 0 fully saturated rings. The van der Waals surface area contributed by atoms with Gasteiger partial charge in [-0.15, -0.1) is 0 Å². The van der Waals surface area contributed by atoms with Crippen LogP contribution in [0.5, 0.6) is 0 Å². The predicted octanol–water partition coefficient (Wildman–Crippen LogP) is 3.46. The Morgan fingerprint density at radius 3 is 2.24 bits per heavy atom. The third-order valence-electron chi connectivity index (χ3n) is 4.26. The monoisotopic (exact) mass is 357 g/mol. The van der Waals surface area contributed by atoms with Gasteiger partial charge in [-0.25, -0.2) is 0 Å². The largest absolute Gasteiger partial charge is 0.297 e. The first kappa shape index (κ1) is 18.4. The minimum absolute atomic E-state index is 0.240. The number of carbonyl (C=O) groups excluding carboxylic acids is 1. The maximum atomic E-state index is 12.8. The van der Waals surface area contributed by atoms with Crippen LogP contribution in [0.1, 0.15) is 52.9 Å². The Hall–Kier alpha value is -0.680. The van der Waals surface area contributed by atoms with E-state index < -0.39 is 5.54 Å². The van der Waals surface area contributed by atoms with Crippen LogP contribution in [0, 0.1) is 0 Å². The predicted molar refractivity (Wildman–Crippen MR) is 90.7 cm³/mol. The highest BCUT2D eigenvalue weighted by molar-refractivity contribution is 9.10. The molecule has 0 spiro atoms. The molecule has 0 saturated heterocycles. The number of nitrogens with zero attached hydrogens (tertiary/aromatic N) is 3. The lowest BCUT2D eigenvalue weighted by Crippen LogP contribution is -2.50. The molecule has 1 aromatic heterocycles. The Balaban J connectivity index is 3.05. The van der Waals surface area contributed by atoms with E-state index in [1.807, 2.05) is 18.5 Å². The molecule has 0 aliphatic rings. The third-order valence-corrected chi connectivity index (χ3v) is 5.17. The van der Waals surface area contributed by atoms with Crippen molar-refractivity contribution in [1.29, 1.82) is 0 Å². The van der Waals surface area contributed by atoms with E-state index in [-0.39, 0.29) is 5.78 Å². The maximum absolute atomic E-state index is 12.8. The summed E-state index contributed by atoms with van der Waals surface area (Å²) in [6.45, 7) is 14.9. The van der Waals surface area contributed by atoms with E-state index in [9.17, 15) is 4.79 Å². The molecule has 0 aliphatic carbocycles. The second kappa shape index (κ2) is 7.54. The summed E-state index contributed by atoms with van der Waals surface area (Å²) >= 11 is 3.62. The van der Waals surface area contributed by atoms with E-state index in [4.69, 9.17) is 0 Å². The molecule has 21 heavy (non-hydrogen) atoms. The van der Waals surface area contributed by atoms with Crippen molar-refractivity contribution in [3.8, 4) is 0 Å². The molecule has 0 saturated carbocycles. The van der Waals surface area contributed by atoms with Gasteiger partial charge in [0.05, 0.1) is 27.8 Å². The van der Waals surface area contributed by atoms with Crippen molar-refractivity contribution < 1.29 is 4.79 Å². The van der Waals surface area contributed by atoms with E-state index in [1.165, 1.54) is 0 Å². The number of hydrogen-bond acceptors (Lipinski definition) is 3. The van der Waals surface area contributed by atoms with Crippen LogP contribution >= 0.6 is 15.9 Å². The molecule has 0 aliphatic heterocycles. The molecule has 0 N–H and O–H groups in total. The molecular weight excluding hydrogens is 330 g/mol. The van der Waals surface area contributed by atoms with Gasteiger partial charge in [-0.3, -0.25) is 14.4 Å². The standard InChI is InChI=1S/C16H28BrN3O/c1-7-12-15(17)13(20(10-4)18-12)11-14(21)16(5,6)19(8-2)9-3/h7-11H2,1-6H3. The highest BCUT2D eigenvalue weighted by atomic mass is 79.9. The van der Waals surface area contributed by atoms with Crippen molar-refractivity contribution in [2.75, 3.05) is 13.1 Å². The van der Waals surface area contributed by atoms with Crippen LogP contribution in [-0.4, -0.2) is 39.1 Å². The van der Waals surface area contributed by atoms with Gasteiger partial charge in [0, 0.05) is 6.54 Å². The van der Waals surface area contributed by atoms with Gasteiger partial charge in [-0.2, -0.15) is 5.10 Å². The number of aryl methyl sites for hydroxylation is 2. The first-order chi connectivity index (χ1) is 9.83. The second-order valence-electron chi connectivity index (χ2n) is 5.71. The fraction of sp³-hybridized carbons (Fsp3) is 0.750. The lowest BCUT2D eigenvalue weighted by Gasteiger charge is -2.35. The fourth-order valence-corrected chi connectivity index (χ4v) is 3.45. The van der Waals surface area contributed by atoms with Crippen LogP contribution in [-0.2, 0) is 24.2 Å². The van der Waals surface area contributed by atoms with Gasteiger partial charge in [-0.1, -0.05) is 20.8 Å². The van der Waals surface area contributed by atoms with Crippen molar-refractivity contribution in [2.24, 2.45) is 0 Å². The van der Waals surface area contributed by atoms with Crippen molar-refractivity contribution in [3.63, 3.8) is 0 Å². The van der Waals surface area contributed by atoms with Gasteiger partial charge in [0.15, 0.2) is 5.78 Å². The topological polar surface area (TPSA) is 38.1 Å². The Labute approximate surface area is 137 Å². The number of Topliss-reactive ketones (excluding diaryl/α,β-unsaturated/α-hetero) is 1. The number of rotatable bonds is 8. The molecule has 1 aromatic rings. The number of likely N-dealkylation sites (N-methyl/N-ethyl adjacent to an activating group) is 1. The normalized spacial score (nSPS) is 12.2. The summed E-state index contributed by atoms with van der Waals surface area (Å²) in [5.41, 5.74) is 1.58. The summed E-state index contributed by atoms with van der Waals surface area (Å²) in [7, 11) is 0. The van der Waals surface area contributed by atoms with Gasteiger partial charge in [0.25, 0.3) is 0 Å². The van der Waals surface area contributed by atoms with Crippen LogP contribution in [0.4, 0.5) is 0 Å². The summed E-state index contributed by atoms with van der Waals surface area (Å²) in [4.78, 5) is 15.0. The van der Waals surface area contributed by atoms with Crippen LogP contribution in [0.2, 0.25) is 0 Å². The third kappa shape index (κ3) is 3.75. The van der Waals surface area contributed by atoms with E-state index >= 15 is 0 Å². The highest BCUT2D eigenvalue weighted by Gasteiger charge is 2.33. The summed E-state index contributed by atoms with van der Waals surface area (Å²) in [5.74, 6) is 0.240. The number of carbonyl (C=O) groups is 1. The Bertz CT molecular complexity index is 490. The number of hydrogen-bond donors (Lipinski definition) is 0. The summed E-state index contributed by atoms with van der Waals surface area (Å²) in [6.07, 6.45) is 1.29. The SMILES string of the molecule is CCc1nn(CC)c(CC(=O)C(C)(C)N(CC)CC)c1Br. The van der Waals surface area contributed by atoms with Gasteiger partial charge in [0.2, 0.25) is 0 Å². The van der Waals surface area contributed by atoms with Crippen molar-refractivity contribution in [3.05, 3.63) is 15.9 Å². The zero-order valence-electron chi connectivity index (χ0n) is 14.2. The molecule has 0 atom stereocenters. The van der Waals surface area contributed by atoms with Crippen molar-refractivity contribution in [1.82, 2.24) is 14.7 Å². The number of ketones is 1.